The third-order valence-corrected chi connectivity index (χ3v) is 5.14. The van der Waals surface area contributed by atoms with Crippen molar-refractivity contribution >= 4 is 29.3 Å². The number of nitrogen functional groups attached to an aromatic ring is 1. The van der Waals surface area contributed by atoms with Crippen molar-refractivity contribution in [3.63, 3.8) is 0 Å². The van der Waals surface area contributed by atoms with Crippen LogP contribution in [0.3, 0.4) is 0 Å². The molecular weight excluding hydrogens is 434 g/mol. The van der Waals surface area contributed by atoms with Crippen molar-refractivity contribution in [1.29, 1.82) is 0 Å². The Balaban J connectivity index is 1.87. The van der Waals surface area contributed by atoms with Crippen molar-refractivity contribution in [1.82, 2.24) is 10.6 Å². The van der Waals surface area contributed by atoms with Crippen molar-refractivity contribution in [2.75, 3.05) is 12.8 Å². The number of hydrogen-bond acceptors (Lipinski definition) is 6. The number of amides is 2. The molecule has 0 bridgehead atoms. The number of Topliss-reactive ketones (excluding diaryl/α,β-unsaturated/α-hetero) is 1. The monoisotopic (exact) mass is 459 g/mol. The number of carbonyl (C=O) groups is 4. The molecule has 0 saturated carbocycles. The van der Waals surface area contributed by atoms with Gasteiger partial charge in [-0.05, 0) is 48.4 Å². The highest BCUT2D eigenvalue weighted by Gasteiger charge is 2.36. The molecule has 0 aliphatic rings. The van der Waals surface area contributed by atoms with Gasteiger partial charge < -0.3 is 21.1 Å². The normalized spacial score (nSPS) is 12.1. The molecule has 0 aliphatic heterocycles. The van der Waals surface area contributed by atoms with Gasteiger partial charge >= 0.3 is 5.97 Å². The predicted molar refractivity (Wildman–Crippen MR) is 127 cm³/mol. The Morgan fingerprint density at radius 2 is 1.29 bits per heavy atom. The van der Waals surface area contributed by atoms with Gasteiger partial charge in [0.15, 0.2) is 11.8 Å². The number of hydrogen-bond donors (Lipinski definition) is 3. The standard InChI is InChI=1S/C26H25N3O5/c1-34-26(33)22(29-25(32)19-12-14-20(27)15-13-19)23(30)21(16-17-8-4-2-5-9-17)28-24(31)18-10-6-3-7-11-18/h2-15,21-22H,16,27H2,1H3,(H,28,31)(H,29,32). The molecule has 0 spiro atoms. The highest BCUT2D eigenvalue weighted by molar-refractivity contribution is 6.11. The molecule has 0 aliphatic carbocycles. The maximum atomic E-state index is 13.5. The van der Waals surface area contributed by atoms with Gasteiger partial charge in [-0.2, -0.15) is 0 Å². The van der Waals surface area contributed by atoms with Crippen molar-refractivity contribution in [2.24, 2.45) is 0 Å². The SMILES string of the molecule is COC(=O)C(NC(=O)c1ccc(N)cc1)C(=O)C(Cc1ccccc1)NC(=O)c1ccccc1. The Morgan fingerprint density at radius 1 is 0.765 bits per heavy atom. The fourth-order valence-corrected chi connectivity index (χ4v) is 3.32. The largest absolute Gasteiger partial charge is 0.467 e. The maximum absolute atomic E-state index is 13.5. The predicted octanol–water partition coefficient (Wildman–Crippen LogP) is 2.15. The third kappa shape index (κ3) is 6.29. The summed E-state index contributed by atoms with van der Waals surface area (Å²) in [7, 11) is 1.12. The maximum Gasteiger partial charge on any atom is 0.336 e. The lowest BCUT2D eigenvalue weighted by molar-refractivity contribution is -0.146. The number of ether oxygens (including phenoxy) is 1. The zero-order valence-corrected chi connectivity index (χ0v) is 18.6. The van der Waals surface area contributed by atoms with Crippen molar-refractivity contribution in [2.45, 2.75) is 18.5 Å². The number of nitrogens with two attached hydrogens (primary N) is 1. The van der Waals surface area contributed by atoms with E-state index in [1.807, 2.05) is 6.07 Å². The fraction of sp³-hybridized carbons (Fsp3) is 0.154. The first-order valence-electron chi connectivity index (χ1n) is 10.6. The Morgan fingerprint density at radius 3 is 1.88 bits per heavy atom. The lowest BCUT2D eigenvalue weighted by Crippen LogP contribution is -2.55. The minimum atomic E-state index is -1.63. The Labute approximate surface area is 197 Å². The summed E-state index contributed by atoms with van der Waals surface area (Å²) in [6.07, 6.45) is 0.115. The minimum absolute atomic E-state index is 0.115. The minimum Gasteiger partial charge on any atom is -0.467 e. The lowest BCUT2D eigenvalue weighted by atomic mass is 9.97. The Kier molecular flexibility index (Phi) is 8.12. The average molecular weight is 460 g/mol. The van der Waals surface area contributed by atoms with E-state index < -0.39 is 35.7 Å². The van der Waals surface area contributed by atoms with Crippen LogP contribution < -0.4 is 16.4 Å². The molecule has 3 rings (SSSR count). The van der Waals surface area contributed by atoms with E-state index in [2.05, 4.69) is 10.6 Å². The summed E-state index contributed by atoms with van der Waals surface area (Å²) < 4.78 is 4.77. The molecule has 2 unspecified atom stereocenters. The molecule has 0 saturated heterocycles. The summed E-state index contributed by atoms with van der Waals surface area (Å²) >= 11 is 0. The van der Waals surface area contributed by atoms with Crippen LogP contribution in [0.5, 0.6) is 0 Å². The van der Waals surface area contributed by atoms with Crippen molar-refractivity contribution in [3.05, 3.63) is 102 Å². The summed E-state index contributed by atoms with van der Waals surface area (Å²) in [6.45, 7) is 0. The number of anilines is 1. The zero-order chi connectivity index (χ0) is 24.5. The van der Waals surface area contributed by atoms with E-state index in [4.69, 9.17) is 10.5 Å². The number of ketones is 1. The molecule has 8 heteroatoms. The first-order chi connectivity index (χ1) is 16.4. The van der Waals surface area contributed by atoms with Gasteiger partial charge in [-0.1, -0.05) is 48.5 Å². The summed E-state index contributed by atoms with van der Waals surface area (Å²) in [6, 6.07) is 20.7. The molecule has 0 fully saturated rings. The van der Waals surface area contributed by atoms with E-state index in [9.17, 15) is 19.2 Å². The molecule has 0 heterocycles. The van der Waals surface area contributed by atoms with Gasteiger partial charge in [0.1, 0.15) is 0 Å². The summed E-state index contributed by atoms with van der Waals surface area (Å²) in [4.78, 5) is 51.5. The van der Waals surface area contributed by atoms with Crippen molar-refractivity contribution in [3.8, 4) is 0 Å². The Bertz CT molecular complexity index is 1150. The van der Waals surface area contributed by atoms with Crippen molar-refractivity contribution < 1.29 is 23.9 Å². The molecular formula is C26H25N3O5. The van der Waals surface area contributed by atoms with E-state index in [0.29, 0.717) is 11.3 Å². The van der Waals surface area contributed by atoms with Crippen LogP contribution in [-0.2, 0) is 20.7 Å². The molecule has 8 nitrogen and oxygen atoms in total. The number of benzene rings is 3. The second-order valence-corrected chi connectivity index (χ2v) is 7.54. The topological polar surface area (TPSA) is 128 Å². The van der Waals surface area contributed by atoms with Crippen LogP contribution in [0.2, 0.25) is 0 Å². The number of rotatable bonds is 9. The highest BCUT2D eigenvalue weighted by Crippen LogP contribution is 2.11. The zero-order valence-electron chi connectivity index (χ0n) is 18.6. The van der Waals surface area contributed by atoms with Gasteiger partial charge in [-0.25, -0.2) is 4.79 Å². The average Bonchev–Trinajstić information content (AvgIpc) is 2.87. The van der Waals surface area contributed by atoms with Crippen LogP contribution in [0.1, 0.15) is 26.3 Å². The van der Waals surface area contributed by atoms with Crippen LogP contribution in [0.4, 0.5) is 5.69 Å². The summed E-state index contributed by atoms with van der Waals surface area (Å²) in [5.41, 5.74) is 7.45. The van der Waals surface area contributed by atoms with E-state index >= 15 is 0 Å². The highest BCUT2D eigenvalue weighted by atomic mass is 16.5. The Hall–Kier alpha value is -4.46. The second-order valence-electron chi connectivity index (χ2n) is 7.54. The van der Waals surface area contributed by atoms with Crippen LogP contribution in [0, 0.1) is 0 Å². The quantitative estimate of drug-likeness (QED) is 0.256. The van der Waals surface area contributed by atoms with Crippen LogP contribution in [0.25, 0.3) is 0 Å². The van der Waals surface area contributed by atoms with Gasteiger partial charge in [0, 0.05) is 16.8 Å². The molecule has 0 aromatic heterocycles. The van der Waals surface area contributed by atoms with Crippen LogP contribution >= 0.6 is 0 Å². The number of carbonyl (C=O) groups excluding carboxylic acids is 4. The number of methoxy groups -OCH3 is 1. The van der Waals surface area contributed by atoms with E-state index in [1.165, 1.54) is 24.3 Å². The molecule has 0 radical (unpaired) electrons. The first kappa shape index (κ1) is 24.2. The van der Waals surface area contributed by atoms with Gasteiger partial charge in [0.2, 0.25) is 0 Å². The van der Waals surface area contributed by atoms with E-state index in [0.717, 1.165) is 12.7 Å². The second kappa shape index (κ2) is 11.4. The van der Waals surface area contributed by atoms with Gasteiger partial charge in [-0.3, -0.25) is 14.4 Å². The van der Waals surface area contributed by atoms with E-state index in [-0.39, 0.29) is 12.0 Å². The smallest absolute Gasteiger partial charge is 0.336 e. The molecule has 3 aromatic rings. The van der Waals surface area contributed by atoms with Crippen LogP contribution in [-0.4, -0.2) is 42.8 Å². The molecule has 4 N–H and O–H groups in total. The number of nitrogens with one attached hydrogen (secondary N) is 2. The molecule has 2 amide bonds. The lowest BCUT2D eigenvalue weighted by Gasteiger charge is -2.23. The van der Waals surface area contributed by atoms with Gasteiger partial charge in [0.25, 0.3) is 11.8 Å². The first-order valence-corrected chi connectivity index (χ1v) is 10.6. The summed E-state index contributed by atoms with van der Waals surface area (Å²) in [5.74, 6) is -2.79. The molecule has 3 aromatic carbocycles. The number of esters is 1. The van der Waals surface area contributed by atoms with Crippen LogP contribution in [0.15, 0.2) is 84.9 Å². The van der Waals surface area contributed by atoms with E-state index in [1.54, 1.807) is 54.6 Å². The molecule has 174 valence electrons. The van der Waals surface area contributed by atoms with Gasteiger partial charge in [-0.15, -0.1) is 0 Å². The summed E-state index contributed by atoms with van der Waals surface area (Å²) in [5, 5.41) is 5.12. The van der Waals surface area contributed by atoms with Gasteiger partial charge in [0.05, 0.1) is 13.2 Å². The molecule has 34 heavy (non-hydrogen) atoms. The molecule has 2 atom stereocenters. The fourth-order valence-electron chi connectivity index (χ4n) is 3.32. The third-order valence-electron chi connectivity index (χ3n) is 5.14.